The van der Waals surface area contributed by atoms with Gasteiger partial charge in [0, 0.05) is 44.3 Å². The predicted molar refractivity (Wildman–Crippen MR) is 113 cm³/mol. The van der Waals surface area contributed by atoms with Gasteiger partial charge in [0.05, 0.1) is 13.1 Å². The first-order chi connectivity index (χ1) is 13.9. The molecule has 154 valence electrons. The minimum atomic E-state index is -0.223. The summed E-state index contributed by atoms with van der Waals surface area (Å²) in [6, 6.07) is 5.85. The molecule has 0 spiro atoms. The third-order valence-electron chi connectivity index (χ3n) is 4.96. The van der Waals surface area contributed by atoms with Gasteiger partial charge in [-0.3, -0.25) is 14.5 Å². The first-order valence-corrected chi connectivity index (χ1v) is 9.81. The van der Waals surface area contributed by atoms with Crippen LogP contribution in [0.4, 0.5) is 11.6 Å². The van der Waals surface area contributed by atoms with Crippen molar-refractivity contribution in [3.05, 3.63) is 47.3 Å². The van der Waals surface area contributed by atoms with E-state index in [1.807, 2.05) is 32.9 Å². The SMILES string of the molecule is Cc1cc(C)c(NC(=O)CNC(=O)CN2CCN(c3ncccn3)CC2)c(C)c1. The van der Waals surface area contributed by atoms with Crippen molar-refractivity contribution in [2.45, 2.75) is 20.8 Å². The number of aromatic nitrogens is 2. The topological polar surface area (TPSA) is 90.5 Å². The molecule has 0 radical (unpaired) electrons. The Bertz CT molecular complexity index is 840. The van der Waals surface area contributed by atoms with Crippen LogP contribution in [0.1, 0.15) is 16.7 Å². The van der Waals surface area contributed by atoms with E-state index in [0.29, 0.717) is 0 Å². The van der Waals surface area contributed by atoms with E-state index in [9.17, 15) is 9.59 Å². The number of amides is 2. The normalized spacial score (nSPS) is 14.5. The number of hydrogen-bond donors (Lipinski definition) is 2. The fraction of sp³-hybridized carbons (Fsp3) is 0.429. The monoisotopic (exact) mass is 396 g/mol. The lowest BCUT2D eigenvalue weighted by molar-refractivity contribution is -0.125. The Morgan fingerprint density at radius 1 is 0.966 bits per heavy atom. The van der Waals surface area contributed by atoms with Crippen molar-refractivity contribution in [3.8, 4) is 0 Å². The van der Waals surface area contributed by atoms with Gasteiger partial charge < -0.3 is 15.5 Å². The average molecular weight is 396 g/mol. The Morgan fingerprint density at radius 3 is 2.21 bits per heavy atom. The van der Waals surface area contributed by atoms with E-state index >= 15 is 0 Å². The van der Waals surface area contributed by atoms with Gasteiger partial charge >= 0.3 is 0 Å². The first kappa shape index (κ1) is 20.7. The molecule has 2 heterocycles. The molecule has 29 heavy (non-hydrogen) atoms. The van der Waals surface area contributed by atoms with Crippen LogP contribution in [0.25, 0.3) is 0 Å². The Morgan fingerprint density at radius 2 is 1.59 bits per heavy atom. The Kier molecular flexibility index (Phi) is 6.77. The van der Waals surface area contributed by atoms with Crippen molar-refractivity contribution < 1.29 is 9.59 Å². The third kappa shape index (κ3) is 5.74. The molecule has 0 aliphatic carbocycles. The van der Waals surface area contributed by atoms with Gasteiger partial charge in [0.25, 0.3) is 0 Å². The highest BCUT2D eigenvalue weighted by Gasteiger charge is 2.20. The number of hydrogen-bond acceptors (Lipinski definition) is 6. The summed E-state index contributed by atoms with van der Waals surface area (Å²) in [7, 11) is 0. The van der Waals surface area contributed by atoms with E-state index in [4.69, 9.17) is 0 Å². The molecule has 3 rings (SSSR count). The van der Waals surface area contributed by atoms with Crippen LogP contribution < -0.4 is 15.5 Å². The molecule has 1 aliphatic heterocycles. The molecular formula is C21H28N6O2. The second-order valence-corrected chi connectivity index (χ2v) is 7.41. The van der Waals surface area contributed by atoms with Crippen LogP contribution in [-0.2, 0) is 9.59 Å². The molecule has 1 fully saturated rings. The van der Waals surface area contributed by atoms with Crippen LogP contribution in [0, 0.1) is 20.8 Å². The number of nitrogens with zero attached hydrogens (tertiary/aromatic N) is 4. The molecule has 1 aliphatic rings. The molecule has 0 bridgehead atoms. The first-order valence-electron chi connectivity index (χ1n) is 9.81. The van der Waals surface area contributed by atoms with E-state index in [0.717, 1.165) is 54.5 Å². The van der Waals surface area contributed by atoms with Crippen molar-refractivity contribution >= 4 is 23.5 Å². The fourth-order valence-electron chi connectivity index (χ4n) is 3.56. The summed E-state index contributed by atoms with van der Waals surface area (Å²) in [6.07, 6.45) is 3.46. The van der Waals surface area contributed by atoms with Crippen molar-refractivity contribution in [1.29, 1.82) is 0 Å². The van der Waals surface area contributed by atoms with Gasteiger partial charge in [0.15, 0.2) is 0 Å². The van der Waals surface area contributed by atoms with Crippen molar-refractivity contribution in [2.75, 3.05) is 49.5 Å². The number of nitrogens with one attached hydrogen (secondary N) is 2. The molecular weight excluding hydrogens is 368 g/mol. The number of piperazine rings is 1. The van der Waals surface area contributed by atoms with Gasteiger partial charge in [-0.1, -0.05) is 17.7 Å². The fourth-order valence-corrected chi connectivity index (χ4v) is 3.56. The molecule has 1 aromatic carbocycles. The van der Waals surface area contributed by atoms with Crippen molar-refractivity contribution in [2.24, 2.45) is 0 Å². The lowest BCUT2D eigenvalue weighted by atomic mass is 10.1. The van der Waals surface area contributed by atoms with Crippen LogP contribution in [-0.4, -0.2) is 66.0 Å². The maximum absolute atomic E-state index is 12.2. The van der Waals surface area contributed by atoms with Crippen LogP contribution in [0.3, 0.4) is 0 Å². The Labute approximate surface area is 171 Å². The van der Waals surface area contributed by atoms with Gasteiger partial charge in [-0.15, -0.1) is 0 Å². The predicted octanol–water partition coefficient (Wildman–Crippen LogP) is 1.28. The average Bonchev–Trinajstić information content (AvgIpc) is 2.70. The highest BCUT2D eigenvalue weighted by molar-refractivity contribution is 5.96. The number of aryl methyl sites for hydroxylation is 3. The van der Waals surface area contributed by atoms with Gasteiger partial charge in [-0.25, -0.2) is 9.97 Å². The third-order valence-corrected chi connectivity index (χ3v) is 4.96. The maximum Gasteiger partial charge on any atom is 0.243 e. The number of carbonyl (C=O) groups excluding carboxylic acids is 2. The summed E-state index contributed by atoms with van der Waals surface area (Å²) < 4.78 is 0. The molecule has 1 aromatic heterocycles. The second-order valence-electron chi connectivity index (χ2n) is 7.41. The Hall–Kier alpha value is -3.00. The minimum absolute atomic E-state index is 0.0383. The lowest BCUT2D eigenvalue weighted by Crippen LogP contribution is -2.50. The van der Waals surface area contributed by atoms with E-state index < -0.39 is 0 Å². The standard InChI is InChI=1S/C21H28N6O2/c1-15-11-16(2)20(17(3)12-15)25-18(28)13-24-19(29)14-26-7-9-27(10-8-26)21-22-5-4-6-23-21/h4-6,11-12H,7-10,13-14H2,1-3H3,(H,24,29)(H,25,28). The number of rotatable bonds is 6. The quantitative estimate of drug-likeness (QED) is 0.765. The summed E-state index contributed by atoms with van der Waals surface area (Å²) >= 11 is 0. The summed E-state index contributed by atoms with van der Waals surface area (Å²) in [4.78, 5) is 37.2. The summed E-state index contributed by atoms with van der Waals surface area (Å²) in [5.41, 5.74) is 4.00. The lowest BCUT2D eigenvalue weighted by Gasteiger charge is -2.34. The minimum Gasteiger partial charge on any atom is -0.346 e. The smallest absolute Gasteiger partial charge is 0.243 e. The zero-order valence-corrected chi connectivity index (χ0v) is 17.2. The van der Waals surface area contributed by atoms with Crippen LogP contribution in [0.15, 0.2) is 30.6 Å². The highest BCUT2D eigenvalue weighted by atomic mass is 16.2. The molecule has 2 N–H and O–H groups in total. The van der Waals surface area contributed by atoms with E-state index in [1.54, 1.807) is 18.5 Å². The largest absolute Gasteiger partial charge is 0.346 e. The molecule has 8 nitrogen and oxygen atoms in total. The van der Waals surface area contributed by atoms with E-state index in [1.165, 1.54) is 0 Å². The molecule has 2 amide bonds. The molecule has 0 unspecified atom stereocenters. The number of anilines is 2. The van der Waals surface area contributed by atoms with Gasteiger partial charge in [-0.05, 0) is 38.0 Å². The van der Waals surface area contributed by atoms with Crippen molar-refractivity contribution in [1.82, 2.24) is 20.2 Å². The molecule has 0 atom stereocenters. The Balaban J connectivity index is 1.41. The number of benzene rings is 1. The molecule has 2 aromatic rings. The molecule has 8 heteroatoms. The van der Waals surface area contributed by atoms with Crippen LogP contribution >= 0.6 is 0 Å². The van der Waals surface area contributed by atoms with Gasteiger partial charge in [0.2, 0.25) is 17.8 Å². The van der Waals surface area contributed by atoms with E-state index in [2.05, 4.69) is 30.4 Å². The second kappa shape index (κ2) is 9.47. The molecule has 1 saturated heterocycles. The van der Waals surface area contributed by atoms with Crippen LogP contribution in [0.5, 0.6) is 0 Å². The summed E-state index contributed by atoms with van der Waals surface area (Å²) in [5, 5.41) is 5.61. The summed E-state index contributed by atoms with van der Waals surface area (Å²) in [5.74, 6) is 0.344. The van der Waals surface area contributed by atoms with Crippen molar-refractivity contribution in [3.63, 3.8) is 0 Å². The van der Waals surface area contributed by atoms with E-state index in [-0.39, 0.29) is 24.9 Å². The summed E-state index contributed by atoms with van der Waals surface area (Å²) in [6.45, 7) is 9.23. The number of carbonyl (C=O) groups is 2. The maximum atomic E-state index is 12.2. The highest BCUT2D eigenvalue weighted by Crippen LogP contribution is 2.21. The van der Waals surface area contributed by atoms with Crippen LogP contribution in [0.2, 0.25) is 0 Å². The van der Waals surface area contributed by atoms with Gasteiger partial charge in [0.1, 0.15) is 0 Å². The van der Waals surface area contributed by atoms with Gasteiger partial charge in [-0.2, -0.15) is 0 Å². The zero-order valence-electron chi connectivity index (χ0n) is 17.2. The zero-order chi connectivity index (χ0) is 20.8. The molecule has 0 saturated carbocycles.